The fraction of sp³-hybridized carbons (Fsp3) is 0.533. The fourth-order valence-electron chi connectivity index (χ4n) is 2.92. The van der Waals surface area contributed by atoms with E-state index in [9.17, 15) is 4.79 Å². The van der Waals surface area contributed by atoms with E-state index in [4.69, 9.17) is 0 Å². The van der Waals surface area contributed by atoms with E-state index < -0.39 is 0 Å². The minimum absolute atomic E-state index is 0.404. The number of hydrogen-bond donors (Lipinski definition) is 0. The molecule has 0 aliphatic heterocycles. The van der Waals surface area contributed by atoms with Gasteiger partial charge in [-0.1, -0.05) is 51.0 Å². The van der Waals surface area contributed by atoms with Crippen molar-refractivity contribution < 1.29 is 4.79 Å². The van der Waals surface area contributed by atoms with Crippen molar-refractivity contribution in [1.29, 1.82) is 0 Å². The molecule has 1 aliphatic rings. The molecule has 16 heavy (non-hydrogen) atoms. The second-order valence-corrected chi connectivity index (χ2v) is 5.57. The van der Waals surface area contributed by atoms with E-state index in [2.05, 4.69) is 26.0 Å². The average Bonchev–Trinajstić information content (AvgIpc) is 2.29. The minimum Gasteiger partial charge on any atom is -0.298 e. The highest BCUT2D eigenvalue weighted by atomic mass is 16.1. The fourth-order valence-corrected chi connectivity index (χ4v) is 2.92. The van der Waals surface area contributed by atoms with Crippen molar-refractivity contribution in [2.75, 3.05) is 0 Å². The second-order valence-electron chi connectivity index (χ2n) is 5.57. The molecule has 1 aliphatic carbocycles. The number of aldehydes is 1. The van der Waals surface area contributed by atoms with Gasteiger partial charge in [-0.2, -0.15) is 0 Å². The van der Waals surface area contributed by atoms with Crippen LogP contribution in [0.5, 0.6) is 0 Å². The maximum Gasteiger partial charge on any atom is 0.150 e. The first-order valence-electron chi connectivity index (χ1n) is 6.18. The van der Waals surface area contributed by atoms with Gasteiger partial charge < -0.3 is 0 Å². The van der Waals surface area contributed by atoms with E-state index in [-0.39, 0.29) is 0 Å². The van der Waals surface area contributed by atoms with E-state index in [1.807, 2.05) is 12.1 Å². The van der Waals surface area contributed by atoms with Gasteiger partial charge in [0.2, 0.25) is 0 Å². The molecule has 1 heteroatoms. The van der Waals surface area contributed by atoms with Gasteiger partial charge >= 0.3 is 0 Å². The minimum atomic E-state index is 0.404. The molecular formula is C15H20O. The lowest BCUT2D eigenvalue weighted by Gasteiger charge is -2.39. The summed E-state index contributed by atoms with van der Waals surface area (Å²) < 4.78 is 0. The van der Waals surface area contributed by atoms with Gasteiger partial charge in [0.25, 0.3) is 0 Å². The zero-order valence-electron chi connectivity index (χ0n) is 10.2. The Morgan fingerprint density at radius 2 is 1.88 bits per heavy atom. The van der Waals surface area contributed by atoms with E-state index in [0.717, 1.165) is 11.8 Å². The third-order valence-corrected chi connectivity index (χ3v) is 3.98. The zero-order valence-corrected chi connectivity index (χ0v) is 10.2. The lowest BCUT2D eigenvalue weighted by Crippen LogP contribution is -2.25. The third-order valence-electron chi connectivity index (χ3n) is 3.98. The average molecular weight is 216 g/mol. The van der Waals surface area contributed by atoms with E-state index in [1.54, 1.807) is 0 Å². The summed E-state index contributed by atoms with van der Waals surface area (Å²) in [5, 5.41) is 0. The molecule has 0 saturated heterocycles. The Balaban J connectivity index is 2.24. The normalized spacial score (nSPS) is 24.0. The van der Waals surface area contributed by atoms with Crippen LogP contribution in [-0.4, -0.2) is 6.29 Å². The Bertz CT molecular complexity index is 362. The Morgan fingerprint density at radius 1 is 1.19 bits per heavy atom. The van der Waals surface area contributed by atoms with Crippen molar-refractivity contribution in [3.63, 3.8) is 0 Å². The molecule has 1 saturated carbocycles. The highest BCUT2D eigenvalue weighted by Gasteiger charge is 2.32. The summed E-state index contributed by atoms with van der Waals surface area (Å²) in [6.07, 6.45) is 6.20. The van der Waals surface area contributed by atoms with Gasteiger partial charge in [-0.25, -0.2) is 0 Å². The molecule has 1 fully saturated rings. The molecule has 1 unspecified atom stereocenters. The number of benzene rings is 1. The van der Waals surface area contributed by atoms with E-state index in [0.29, 0.717) is 11.3 Å². The Hall–Kier alpha value is -1.11. The van der Waals surface area contributed by atoms with Crippen LogP contribution in [0.2, 0.25) is 0 Å². The van der Waals surface area contributed by atoms with Gasteiger partial charge in [-0.3, -0.25) is 4.79 Å². The Morgan fingerprint density at radius 3 is 2.44 bits per heavy atom. The number of carbonyl (C=O) groups excluding carboxylic acids is 1. The molecule has 1 atom stereocenters. The van der Waals surface area contributed by atoms with Crippen molar-refractivity contribution in [2.24, 2.45) is 5.41 Å². The van der Waals surface area contributed by atoms with Crippen LogP contribution >= 0.6 is 0 Å². The molecule has 0 aromatic heterocycles. The van der Waals surface area contributed by atoms with Gasteiger partial charge in [-0.05, 0) is 29.7 Å². The summed E-state index contributed by atoms with van der Waals surface area (Å²) in [7, 11) is 0. The molecule has 0 bridgehead atoms. The molecule has 1 aromatic carbocycles. The standard InChI is InChI=1S/C15H20O/c1-15(2)10-4-3-5-14(15)13-8-6-12(11-16)7-9-13/h6-9,11,14H,3-5,10H2,1-2H3. The van der Waals surface area contributed by atoms with E-state index in [1.165, 1.54) is 31.2 Å². The molecule has 0 amide bonds. The molecular weight excluding hydrogens is 196 g/mol. The molecule has 1 aromatic rings. The highest BCUT2D eigenvalue weighted by Crippen LogP contribution is 2.46. The molecule has 2 rings (SSSR count). The smallest absolute Gasteiger partial charge is 0.150 e. The van der Waals surface area contributed by atoms with Gasteiger partial charge in [0.15, 0.2) is 0 Å². The van der Waals surface area contributed by atoms with Crippen molar-refractivity contribution in [2.45, 2.75) is 45.4 Å². The predicted octanol–water partition coefficient (Wildman–Crippen LogP) is 4.18. The van der Waals surface area contributed by atoms with Crippen LogP contribution in [0, 0.1) is 5.41 Å². The first-order chi connectivity index (χ1) is 7.63. The highest BCUT2D eigenvalue weighted by molar-refractivity contribution is 5.74. The van der Waals surface area contributed by atoms with Crippen molar-refractivity contribution in [3.8, 4) is 0 Å². The molecule has 86 valence electrons. The molecule has 0 radical (unpaired) electrons. The lowest BCUT2D eigenvalue weighted by atomic mass is 9.66. The lowest BCUT2D eigenvalue weighted by molar-refractivity contribution is 0.112. The van der Waals surface area contributed by atoms with Crippen LogP contribution in [0.1, 0.15) is 61.4 Å². The maximum absolute atomic E-state index is 10.6. The zero-order chi connectivity index (χ0) is 11.6. The SMILES string of the molecule is CC1(C)CCCCC1c1ccc(C=O)cc1. The first kappa shape index (κ1) is 11.4. The van der Waals surface area contributed by atoms with Gasteiger partial charge in [0.1, 0.15) is 6.29 Å². The van der Waals surface area contributed by atoms with Gasteiger partial charge in [0, 0.05) is 5.56 Å². The van der Waals surface area contributed by atoms with Gasteiger partial charge in [0.05, 0.1) is 0 Å². The second kappa shape index (κ2) is 4.40. The molecule has 0 heterocycles. The van der Waals surface area contributed by atoms with Crippen molar-refractivity contribution in [3.05, 3.63) is 35.4 Å². The number of rotatable bonds is 2. The van der Waals surface area contributed by atoms with Crippen molar-refractivity contribution >= 4 is 6.29 Å². The number of hydrogen-bond acceptors (Lipinski definition) is 1. The monoisotopic (exact) mass is 216 g/mol. The van der Waals surface area contributed by atoms with Crippen LogP contribution in [0.4, 0.5) is 0 Å². The molecule has 0 spiro atoms. The summed E-state index contributed by atoms with van der Waals surface area (Å²) in [5.41, 5.74) is 2.58. The largest absolute Gasteiger partial charge is 0.298 e. The summed E-state index contributed by atoms with van der Waals surface area (Å²) >= 11 is 0. The van der Waals surface area contributed by atoms with Gasteiger partial charge in [-0.15, -0.1) is 0 Å². The quantitative estimate of drug-likeness (QED) is 0.678. The van der Waals surface area contributed by atoms with E-state index >= 15 is 0 Å². The topological polar surface area (TPSA) is 17.1 Å². The van der Waals surface area contributed by atoms with Crippen LogP contribution in [-0.2, 0) is 0 Å². The third kappa shape index (κ3) is 2.18. The Labute approximate surface area is 97.9 Å². The summed E-state index contributed by atoms with van der Waals surface area (Å²) in [6.45, 7) is 4.73. The summed E-state index contributed by atoms with van der Waals surface area (Å²) in [4.78, 5) is 10.6. The Kier molecular flexibility index (Phi) is 3.13. The predicted molar refractivity (Wildman–Crippen MR) is 66.8 cm³/mol. The summed E-state index contributed by atoms with van der Waals surface area (Å²) in [5.74, 6) is 0.655. The maximum atomic E-state index is 10.6. The molecule has 0 N–H and O–H groups in total. The van der Waals surface area contributed by atoms with Crippen LogP contribution in [0.25, 0.3) is 0 Å². The molecule has 1 nitrogen and oxygen atoms in total. The van der Waals surface area contributed by atoms with Crippen LogP contribution in [0.3, 0.4) is 0 Å². The van der Waals surface area contributed by atoms with Crippen LogP contribution in [0.15, 0.2) is 24.3 Å². The van der Waals surface area contributed by atoms with Crippen LogP contribution < -0.4 is 0 Å². The summed E-state index contributed by atoms with van der Waals surface area (Å²) in [6, 6.07) is 8.13. The number of carbonyl (C=O) groups is 1. The first-order valence-corrected chi connectivity index (χ1v) is 6.18. The van der Waals surface area contributed by atoms with Crippen molar-refractivity contribution in [1.82, 2.24) is 0 Å².